The van der Waals surface area contributed by atoms with Crippen molar-refractivity contribution in [3.8, 4) is 0 Å². The fourth-order valence-corrected chi connectivity index (χ4v) is 2.62. The van der Waals surface area contributed by atoms with E-state index in [0.29, 0.717) is 0 Å². The molecule has 0 fully saturated rings. The Hall–Kier alpha value is -0.420. The van der Waals surface area contributed by atoms with Crippen molar-refractivity contribution in [2.75, 3.05) is 5.75 Å². The van der Waals surface area contributed by atoms with Crippen LogP contribution in [0.3, 0.4) is 0 Å². The van der Waals surface area contributed by atoms with Crippen LogP contribution in [0.15, 0.2) is 4.36 Å². The molecule has 0 radical (unpaired) electrons. The minimum atomic E-state index is -2.68. The lowest BCUT2D eigenvalue weighted by Gasteiger charge is -2.10. The molecule has 2 N–H and O–H groups in total. The molecule has 5 heteroatoms. The molecular formula is C5H10N2O2S. The molecule has 0 aromatic rings. The topological polar surface area (TPSA) is 72.5 Å². The minimum absolute atomic E-state index is 0.179. The van der Waals surface area contributed by atoms with E-state index < -0.39 is 15.3 Å². The van der Waals surface area contributed by atoms with Crippen molar-refractivity contribution in [2.45, 2.75) is 13.8 Å². The van der Waals surface area contributed by atoms with Gasteiger partial charge in [-0.2, -0.15) is 0 Å². The first-order valence-electron chi connectivity index (χ1n) is 2.90. The van der Waals surface area contributed by atoms with Crippen LogP contribution in [-0.2, 0) is 14.7 Å². The maximum absolute atomic E-state index is 11.0. The fraction of sp³-hybridized carbons (Fsp3) is 0.800. The van der Waals surface area contributed by atoms with Crippen LogP contribution in [0, 0.1) is 5.41 Å². The first kappa shape index (κ1) is 7.68. The molecule has 0 aliphatic carbocycles. The highest BCUT2D eigenvalue weighted by Crippen LogP contribution is 2.25. The maximum Gasteiger partial charge on any atom is 0.261 e. The number of amides is 1. The Bertz CT molecular complexity index is 286. The molecule has 0 saturated heterocycles. The molecule has 0 aromatic carbocycles. The Morgan fingerprint density at radius 2 is 2.20 bits per heavy atom. The number of rotatable bonds is 0. The van der Waals surface area contributed by atoms with Crippen LogP contribution in [0.5, 0.6) is 0 Å². The van der Waals surface area contributed by atoms with Gasteiger partial charge in [0.1, 0.15) is 9.92 Å². The van der Waals surface area contributed by atoms with Gasteiger partial charge in [0.15, 0.2) is 0 Å². The standard InChI is InChI=1S/C5H10N2O2S/c1-5(2)3-10(6,9)7-4(5)8/h3H2,1-2H3,(H2,6,7,8,9). The lowest BCUT2D eigenvalue weighted by Crippen LogP contribution is -2.25. The summed E-state index contributed by atoms with van der Waals surface area (Å²) in [6.45, 7) is 3.39. The smallest absolute Gasteiger partial charge is 0.261 e. The second-order valence-corrected chi connectivity index (χ2v) is 4.97. The first-order valence-corrected chi connectivity index (χ1v) is 4.65. The fourth-order valence-electron chi connectivity index (χ4n) is 0.875. The van der Waals surface area contributed by atoms with Crippen molar-refractivity contribution >= 4 is 15.8 Å². The van der Waals surface area contributed by atoms with Crippen LogP contribution < -0.4 is 5.14 Å². The lowest BCUT2D eigenvalue weighted by atomic mass is 9.96. The van der Waals surface area contributed by atoms with Crippen molar-refractivity contribution in [3.63, 3.8) is 0 Å². The summed E-state index contributed by atoms with van der Waals surface area (Å²) in [5.41, 5.74) is -0.619. The van der Waals surface area contributed by atoms with Crippen molar-refractivity contribution in [1.82, 2.24) is 0 Å². The van der Waals surface area contributed by atoms with Crippen LogP contribution >= 0.6 is 0 Å². The van der Waals surface area contributed by atoms with Crippen molar-refractivity contribution in [3.05, 3.63) is 0 Å². The SMILES string of the molecule is CC1(C)CS(N)(=O)=NC1=O. The van der Waals surface area contributed by atoms with E-state index in [1.807, 2.05) is 0 Å². The molecule has 0 aromatic heterocycles. The summed E-state index contributed by atoms with van der Waals surface area (Å²) in [6.07, 6.45) is 0. The summed E-state index contributed by atoms with van der Waals surface area (Å²) in [5, 5.41) is 5.18. The minimum Gasteiger partial charge on any atom is -0.271 e. The van der Waals surface area contributed by atoms with Gasteiger partial charge in [0.2, 0.25) is 0 Å². The molecule has 1 aliphatic heterocycles. The summed E-state index contributed by atoms with van der Waals surface area (Å²) in [4.78, 5) is 10.9. The Morgan fingerprint density at radius 1 is 1.70 bits per heavy atom. The van der Waals surface area contributed by atoms with Gasteiger partial charge < -0.3 is 0 Å². The Kier molecular flexibility index (Phi) is 1.38. The number of carbonyl (C=O) groups excluding carboxylic acids is 1. The highest BCUT2D eigenvalue weighted by Gasteiger charge is 2.37. The van der Waals surface area contributed by atoms with Gasteiger partial charge in [0, 0.05) is 0 Å². The van der Waals surface area contributed by atoms with Crippen molar-refractivity contribution in [2.24, 2.45) is 14.9 Å². The van der Waals surface area contributed by atoms with Crippen molar-refractivity contribution < 1.29 is 9.00 Å². The zero-order valence-electron chi connectivity index (χ0n) is 5.96. The third kappa shape index (κ3) is 1.19. The molecule has 0 bridgehead atoms. The predicted octanol–water partition coefficient (Wildman–Crippen LogP) is -0.106. The van der Waals surface area contributed by atoms with Crippen LogP contribution in [0.4, 0.5) is 0 Å². The summed E-state index contributed by atoms with van der Waals surface area (Å²) >= 11 is 0. The quantitative estimate of drug-likeness (QED) is 0.540. The Labute approximate surface area is 60.1 Å². The zero-order chi connectivity index (χ0) is 7.99. The predicted molar refractivity (Wildman–Crippen MR) is 38.4 cm³/mol. The molecule has 1 atom stereocenters. The summed E-state index contributed by atoms with van der Waals surface area (Å²) < 4.78 is 14.3. The van der Waals surface area contributed by atoms with E-state index in [2.05, 4.69) is 4.36 Å². The van der Waals surface area contributed by atoms with Gasteiger partial charge in [-0.1, -0.05) is 0 Å². The number of nitrogens with zero attached hydrogens (tertiary/aromatic N) is 1. The molecule has 1 amide bonds. The number of hydrogen-bond acceptors (Lipinski definition) is 2. The Balaban J connectivity index is 3.10. The van der Waals surface area contributed by atoms with E-state index in [1.54, 1.807) is 13.8 Å². The monoisotopic (exact) mass is 162 g/mol. The van der Waals surface area contributed by atoms with Gasteiger partial charge in [0.25, 0.3) is 5.91 Å². The summed E-state index contributed by atoms with van der Waals surface area (Å²) in [7, 11) is -2.68. The van der Waals surface area contributed by atoms with Crippen molar-refractivity contribution in [1.29, 1.82) is 0 Å². The van der Waals surface area contributed by atoms with Crippen LogP contribution in [0.2, 0.25) is 0 Å². The van der Waals surface area contributed by atoms with Gasteiger partial charge in [-0.05, 0) is 13.8 Å². The highest BCUT2D eigenvalue weighted by atomic mass is 32.2. The van der Waals surface area contributed by atoms with Crippen LogP contribution in [0.1, 0.15) is 13.8 Å². The van der Waals surface area contributed by atoms with Gasteiger partial charge in [0.05, 0.1) is 11.2 Å². The van der Waals surface area contributed by atoms with E-state index in [1.165, 1.54) is 0 Å². The molecule has 1 heterocycles. The normalized spacial score (nSPS) is 37.7. The average molecular weight is 162 g/mol. The van der Waals surface area contributed by atoms with E-state index in [0.717, 1.165) is 0 Å². The number of nitrogens with two attached hydrogens (primary N) is 1. The summed E-state index contributed by atoms with van der Waals surface area (Å²) in [5.74, 6) is -0.168. The third-order valence-electron chi connectivity index (χ3n) is 1.38. The van der Waals surface area contributed by atoms with Crippen LogP contribution in [-0.4, -0.2) is 15.9 Å². The molecular weight excluding hydrogens is 152 g/mol. The van der Waals surface area contributed by atoms with E-state index in [9.17, 15) is 9.00 Å². The average Bonchev–Trinajstić information content (AvgIpc) is 1.73. The van der Waals surface area contributed by atoms with E-state index in [-0.39, 0.29) is 11.7 Å². The second-order valence-electron chi connectivity index (χ2n) is 3.11. The molecule has 1 aliphatic rings. The lowest BCUT2D eigenvalue weighted by molar-refractivity contribution is -0.123. The maximum atomic E-state index is 11.0. The zero-order valence-corrected chi connectivity index (χ0v) is 6.77. The Morgan fingerprint density at radius 3 is 2.30 bits per heavy atom. The van der Waals surface area contributed by atoms with E-state index >= 15 is 0 Å². The van der Waals surface area contributed by atoms with Gasteiger partial charge in [-0.3, -0.25) is 4.79 Å². The highest BCUT2D eigenvalue weighted by molar-refractivity contribution is 7.92. The molecule has 4 nitrogen and oxygen atoms in total. The van der Waals surface area contributed by atoms with Gasteiger partial charge in [-0.25, -0.2) is 9.35 Å². The third-order valence-corrected chi connectivity index (χ3v) is 2.99. The molecule has 1 rings (SSSR count). The molecule has 10 heavy (non-hydrogen) atoms. The molecule has 0 spiro atoms. The second kappa shape index (κ2) is 1.79. The molecule has 0 saturated carbocycles. The molecule has 58 valence electrons. The van der Waals surface area contributed by atoms with Crippen LogP contribution in [0.25, 0.3) is 0 Å². The number of hydrogen-bond donors (Lipinski definition) is 1. The van der Waals surface area contributed by atoms with Gasteiger partial charge >= 0.3 is 0 Å². The largest absolute Gasteiger partial charge is 0.271 e. The first-order chi connectivity index (χ1) is 4.33. The summed E-state index contributed by atoms with van der Waals surface area (Å²) in [6, 6.07) is 0. The molecule has 1 unspecified atom stereocenters. The van der Waals surface area contributed by atoms with E-state index in [4.69, 9.17) is 5.14 Å². The van der Waals surface area contributed by atoms with Gasteiger partial charge in [-0.15, -0.1) is 4.36 Å². The number of carbonyl (C=O) groups is 1.